The Balaban J connectivity index is 2.63. The van der Waals surface area contributed by atoms with Gasteiger partial charge in [0.15, 0.2) is 0 Å². The molecule has 1 amide bonds. The first-order valence-electron chi connectivity index (χ1n) is 4.85. The fourth-order valence-corrected chi connectivity index (χ4v) is 1.79. The molecule has 1 aromatic rings. The predicted molar refractivity (Wildman–Crippen MR) is 62.9 cm³/mol. The number of thiophene rings is 1. The van der Waals surface area contributed by atoms with Gasteiger partial charge < -0.3 is 11.1 Å². The topological polar surface area (TPSA) is 55.1 Å². The van der Waals surface area contributed by atoms with Crippen LogP contribution >= 0.6 is 11.3 Å². The van der Waals surface area contributed by atoms with E-state index in [1.807, 2.05) is 13.0 Å². The summed E-state index contributed by atoms with van der Waals surface area (Å²) in [5.74, 6) is 5.63. The van der Waals surface area contributed by atoms with Gasteiger partial charge >= 0.3 is 0 Å². The summed E-state index contributed by atoms with van der Waals surface area (Å²) >= 11 is 1.39. The quantitative estimate of drug-likeness (QED) is 0.755. The van der Waals surface area contributed by atoms with E-state index in [4.69, 9.17) is 5.73 Å². The largest absolute Gasteiger partial charge is 0.351 e. The Bertz CT molecular complexity index is 387. The highest BCUT2D eigenvalue weighted by molar-refractivity contribution is 7.14. The van der Waals surface area contributed by atoms with Gasteiger partial charge in [-0.1, -0.05) is 18.8 Å². The summed E-state index contributed by atoms with van der Waals surface area (Å²) in [6.45, 7) is 3.07. The van der Waals surface area contributed by atoms with Crippen molar-refractivity contribution in [3.8, 4) is 11.8 Å². The van der Waals surface area contributed by atoms with Crippen LogP contribution in [0.3, 0.4) is 0 Å². The molecule has 1 aromatic heterocycles. The molecule has 0 radical (unpaired) electrons. The second-order valence-corrected chi connectivity index (χ2v) is 4.01. The van der Waals surface area contributed by atoms with E-state index < -0.39 is 0 Å². The van der Waals surface area contributed by atoms with Crippen LogP contribution in [0.15, 0.2) is 12.1 Å². The number of rotatable bonds is 3. The first-order chi connectivity index (χ1) is 7.27. The normalized spacial score (nSPS) is 9.20. The molecule has 0 unspecified atom stereocenters. The molecule has 3 nitrogen and oxygen atoms in total. The number of hydrogen-bond donors (Lipinski definition) is 2. The third kappa shape index (κ3) is 3.74. The van der Waals surface area contributed by atoms with Crippen LogP contribution in [-0.4, -0.2) is 19.0 Å². The lowest BCUT2D eigenvalue weighted by Crippen LogP contribution is -2.22. The Morgan fingerprint density at radius 2 is 2.40 bits per heavy atom. The van der Waals surface area contributed by atoms with E-state index in [2.05, 4.69) is 17.2 Å². The molecular formula is C11H14N2OS. The summed E-state index contributed by atoms with van der Waals surface area (Å²) < 4.78 is 0. The Hall–Kier alpha value is -1.31. The monoisotopic (exact) mass is 222 g/mol. The van der Waals surface area contributed by atoms with Crippen molar-refractivity contribution in [3.63, 3.8) is 0 Å². The Labute approximate surface area is 93.7 Å². The smallest absolute Gasteiger partial charge is 0.261 e. The van der Waals surface area contributed by atoms with Crippen molar-refractivity contribution in [1.82, 2.24) is 5.32 Å². The lowest BCUT2D eigenvalue weighted by atomic mass is 10.4. The third-order valence-corrected chi connectivity index (χ3v) is 2.68. The summed E-state index contributed by atoms with van der Waals surface area (Å²) in [7, 11) is 0. The van der Waals surface area contributed by atoms with Gasteiger partial charge in [-0.15, -0.1) is 11.3 Å². The molecular weight excluding hydrogens is 208 g/mol. The molecule has 0 spiro atoms. The standard InChI is InChI=1S/C11H14N2OS/c1-2-8-13-11(14)10-6-5-9(15-10)4-3-7-12/h5-6H,2,7-8,12H2,1H3,(H,13,14). The number of carbonyl (C=O) groups is 1. The van der Waals surface area contributed by atoms with Crippen molar-refractivity contribution < 1.29 is 4.79 Å². The van der Waals surface area contributed by atoms with Crippen molar-refractivity contribution in [3.05, 3.63) is 21.9 Å². The number of carbonyl (C=O) groups excluding carboxylic acids is 1. The van der Waals surface area contributed by atoms with Gasteiger partial charge in [0.05, 0.1) is 16.3 Å². The minimum Gasteiger partial charge on any atom is -0.351 e. The SMILES string of the molecule is CCCNC(=O)c1ccc(C#CCN)s1. The second-order valence-electron chi connectivity index (χ2n) is 2.93. The molecule has 3 N–H and O–H groups in total. The van der Waals surface area contributed by atoms with Gasteiger partial charge in [0.1, 0.15) is 0 Å². The van der Waals surface area contributed by atoms with Crippen molar-refractivity contribution in [2.45, 2.75) is 13.3 Å². The Morgan fingerprint density at radius 1 is 1.60 bits per heavy atom. The molecule has 0 saturated carbocycles. The molecule has 0 saturated heterocycles. The van der Waals surface area contributed by atoms with Crippen LogP contribution in [0, 0.1) is 11.8 Å². The molecule has 0 fully saturated rings. The number of nitrogens with two attached hydrogens (primary N) is 1. The fraction of sp³-hybridized carbons (Fsp3) is 0.364. The van der Waals surface area contributed by atoms with E-state index in [0.29, 0.717) is 18.0 Å². The summed E-state index contributed by atoms with van der Waals surface area (Å²) in [4.78, 5) is 13.1. The number of hydrogen-bond acceptors (Lipinski definition) is 3. The van der Waals surface area contributed by atoms with E-state index >= 15 is 0 Å². The summed E-state index contributed by atoms with van der Waals surface area (Å²) in [5.41, 5.74) is 5.26. The Morgan fingerprint density at radius 3 is 3.07 bits per heavy atom. The molecule has 1 rings (SSSR count). The van der Waals surface area contributed by atoms with Crippen LogP contribution in [0.4, 0.5) is 0 Å². The van der Waals surface area contributed by atoms with Crippen LogP contribution in [0.5, 0.6) is 0 Å². The second kappa shape index (κ2) is 6.23. The van der Waals surface area contributed by atoms with Gasteiger partial charge in [-0.2, -0.15) is 0 Å². The zero-order chi connectivity index (χ0) is 11.1. The van der Waals surface area contributed by atoms with Crippen LogP contribution in [0.2, 0.25) is 0 Å². The average Bonchev–Trinajstić information content (AvgIpc) is 2.71. The molecule has 0 aromatic carbocycles. The van der Waals surface area contributed by atoms with Crippen molar-refractivity contribution in [2.75, 3.05) is 13.1 Å². The van der Waals surface area contributed by atoms with E-state index in [1.165, 1.54) is 11.3 Å². The maximum Gasteiger partial charge on any atom is 0.261 e. The van der Waals surface area contributed by atoms with Crippen molar-refractivity contribution in [1.29, 1.82) is 0 Å². The number of nitrogens with one attached hydrogen (secondary N) is 1. The minimum atomic E-state index is -0.0253. The van der Waals surface area contributed by atoms with Crippen LogP contribution in [0.1, 0.15) is 27.9 Å². The Kier molecular flexibility index (Phi) is 4.88. The first kappa shape index (κ1) is 11.8. The fourth-order valence-electron chi connectivity index (χ4n) is 0.991. The summed E-state index contributed by atoms with van der Waals surface area (Å²) in [6, 6.07) is 3.63. The molecule has 0 atom stereocenters. The highest BCUT2D eigenvalue weighted by atomic mass is 32.1. The highest BCUT2D eigenvalue weighted by Gasteiger charge is 2.06. The van der Waals surface area contributed by atoms with Gasteiger partial charge in [-0.05, 0) is 18.6 Å². The van der Waals surface area contributed by atoms with E-state index in [-0.39, 0.29) is 5.91 Å². The third-order valence-electron chi connectivity index (χ3n) is 1.68. The lowest BCUT2D eigenvalue weighted by molar-refractivity contribution is 0.0957. The maximum absolute atomic E-state index is 11.5. The molecule has 80 valence electrons. The number of amides is 1. The minimum absolute atomic E-state index is 0.0253. The lowest BCUT2D eigenvalue weighted by Gasteiger charge is -1.98. The first-order valence-corrected chi connectivity index (χ1v) is 5.66. The maximum atomic E-state index is 11.5. The molecule has 15 heavy (non-hydrogen) atoms. The molecule has 0 aliphatic heterocycles. The van der Waals surface area contributed by atoms with Crippen molar-refractivity contribution in [2.24, 2.45) is 5.73 Å². The zero-order valence-corrected chi connectivity index (χ0v) is 9.49. The predicted octanol–water partition coefficient (Wildman–Crippen LogP) is 1.20. The summed E-state index contributed by atoms with van der Waals surface area (Å²) in [6.07, 6.45) is 0.941. The zero-order valence-electron chi connectivity index (χ0n) is 8.67. The molecule has 1 heterocycles. The van der Waals surface area contributed by atoms with Gasteiger partial charge in [0, 0.05) is 6.54 Å². The molecule has 4 heteroatoms. The van der Waals surface area contributed by atoms with E-state index in [0.717, 1.165) is 11.3 Å². The van der Waals surface area contributed by atoms with Gasteiger partial charge in [0.25, 0.3) is 5.91 Å². The summed E-state index contributed by atoms with van der Waals surface area (Å²) in [5, 5.41) is 2.82. The van der Waals surface area contributed by atoms with E-state index in [9.17, 15) is 4.79 Å². The molecule has 0 aliphatic rings. The molecule has 0 aliphatic carbocycles. The van der Waals surface area contributed by atoms with Gasteiger partial charge in [-0.3, -0.25) is 4.79 Å². The molecule has 0 bridgehead atoms. The van der Waals surface area contributed by atoms with Crippen molar-refractivity contribution >= 4 is 17.2 Å². The average molecular weight is 222 g/mol. The van der Waals surface area contributed by atoms with Crippen LogP contribution < -0.4 is 11.1 Å². The highest BCUT2D eigenvalue weighted by Crippen LogP contribution is 2.14. The van der Waals surface area contributed by atoms with Gasteiger partial charge in [0.2, 0.25) is 0 Å². The van der Waals surface area contributed by atoms with Crippen LogP contribution in [0.25, 0.3) is 0 Å². The van der Waals surface area contributed by atoms with E-state index in [1.54, 1.807) is 6.07 Å². The van der Waals surface area contributed by atoms with Gasteiger partial charge in [-0.25, -0.2) is 0 Å². The van der Waals surface area contributed by atoms with Crippen LogP contribution in [-0.2, 0) is 0 Å².